The number of benzene rings is 2. The van der Waals surface area contributed by atoms with Gasteiger partial charge in [-0.3, -0.25) is 24.7 Å². The summed E-state index contributed by atoms with van der Waals surface area (Å²) in [5, 5.41) is 16.1. The van der Waals surface area contributed by atoms with Crippen molar-refractivity contribution in [2.24, 2.45) is 5.92 Å². The van der Waals surface area contributed by atoms with Gasteiger partial charge in [-0.15, -0.1) is 0 Å². The number of esters is 1. The first kappa shape index (κ1) is 36.2. The van der Waals surface area contributed by atoms with Crippen LogP contribution in [0.1, 0.15) is 32.1 Å². The number of fused-ring (bicyclic) bond motifs is 1. The van der Waals surface area contributed by atoms with E-state index in [0.29, 0.717) is 31.2 Å². The molecule has 2 aliphatic rings. The molecule has 1 aliphatic heterocycles. The minimum absolute atomic E-state index is 0.0125. The number of ether oxygens (including phenoxy) is 2. The average Bonchev–Trinajstić information content (AvgIpc) is 3.93. The van der Waals surface area contributed by atoms with Crippen molar-refractivity contribution in [1.29, 1.82) is 5.41 Å². The highest BCUT2D eigenvalue weighted by atomic mass is 32.2. The average molecular weight is 688 g/mol. The summed E-state index contributed by atoms with van der Waals surface area (Å²) in [6.07, 6.45) is 2.28. The molecule has 5 N–H and O–H groups in total. The fourth-order valence-electron chi connectivity index (χ4n) is 5.53. The smallest absolute Gasteiger partial charge is 0.414 e. The number of carbonyl (C=O) groups excluding carboxylic acids is 5. The van der Waals surface area contributed by atoms with E-state index in [1.807, 2.05) is 17.0 Å². The van der Waals surface area contributed by atoms with Gasteiger partial charge in [-0.1, -0.05) is 30.3 Å². The molecule has 1 heterocycles. The van der Waals surface area contributed by atoms with E-state index in [1.54, 1.807) is 18.2 Å². The number of piperidine rings is 1. The van der Waals surface area contributed by atoms with Crippen LogP contribution in [0.2, 0.25) is 0 Å². The van der Waals surface area contributed by atoms with Gasteiger partial charge in [-0.25, -0.2) is 18.0 Å². The van der Waals surface area contributed by atoms with Crippen LogP contribution in [-0.2, 0) is 38.7 Å². The summed E-state index contributed by atoms with van der Waals surface area (Å²) in [6.45, 7) is 1.67. The number of hydrogen-bond donors (Lipinski definition) is 5. The summed E-state index contributed by atoms with van der Waals surface area (Å²) >= 11 is 0. The van der Waals surface area contributed by atoms with Crippen LogP contribution >= 0.6 is 0 Å². The van der Waals surface area contributed by atoms with Crippen molar-refractivity contribution in [2.75, 3.05) is 46.5 Å². The van der Waals surface area contributed by atoms with Crippen molar-refractivity contribution in [1.82, 2.24) is 30.5 Å². The zero-order valence-corrected chi connectivity index (χ0v) is 27.4. The number of likely N-dealkylation sites (tertiary alicyclic amines) is 1. The minimum atomic E-state index is -4.26. The first-order valence-electron chi connectivity index (χ1n) is 15.6. The summed E-state index contributed by atoms with van der Waals surface area (Å²) in [7, 11) is -3.19. The molecule has 17 heteroatoms. The molecule has 0 spiro atoms. The maximum absolute atomic E-state index is 13.9. The molecule has 1 aliphatic carbocycles. The number of nitrogens with one attached hydrogen (secondary N) is 5. The van der Waals surface area contributed by atoms with E-state index in [2.05, 4.69) is 30.1 Å². The highest BCUT2D eigenvalue weighted by Crippen LogP contribution is 2.28. The largest absolute Gasteiger partial charge is 0.462 e. The van der Waals surface area contributed by atoms with Crippen molar-refractivity contribution in [3.05, 3.63) is 42.5 Å². The molecular formula is C31H41N7O9S. The van der Waals surface area contributed by atoms with Gasteiger partial charge in [0, 0.05) is 32.2 Å². The molecule has 2 aromatic carbocycles. The fourth-order valence-corrected chi connectivity index (χ4v) is 6.76. The van der Waals surface area contributed by atoms with Crippen LogP contribution < -0.4 is 20.7 Å². The molecule has 1 saturated heterocycles. The number of alkyl carbamates (subject to hydrolysis) is 1. The molecule has 16 nitrogen and oxygen atoms in total. The van der Waals surface area contributed by atoms with Crippen molar-refractivity contribution >= 4 is 57.0 Å². The Morgan fingerprint density at radius 3 is 2.50 bits per heavy atom. The highest BCUT2D eigenvalue weighted by molar-refractivity contribution is 7.89. The number of carbonyl (C=O) groups is 5. The molecule has 1 saturated carbocycles. The topological polar surface area (TPSA) is 216 Å². The fraction of sp³-hybridized carbons (Fsp3) is 0.484. The van der Waals surface area contributed by atoms with Gasteiger partial charge in [-0.2, -0.15) is 4.72 Å². The van der Waals surface area contributed by atoms with Crippen LogP contribution in [0.4, 0.5) is 4.79 Å². The van der Waals surface area contributed by atoms with E-state index in [9.17, 15) is 32.4 Å². The Labute approximate surface area is 278 Å². The lowest BCUT2D eigenvalue weighted by molar-refractivity contribution is -0.152. The van der Waals surface area contributed by atoms with Crippen molar-refractivity contribution in [3.8, 4) is 0 Å². The van der Waals surface area contributed by atoms with Crippen LogP contribution in [0.5, 0.6) is 0 Å². The Balaban J connectivity index is 1.44. The monoisotopic (exact) mass is 687 g/mol. The molecular weight excluding hydrogens is 646 g/mol. The van der Waals surface area contributed by atoms with Crippen LogP contribution in [0, 0.1) is 11.3 Å². The lowest BCUT2D eigenvalue weighted by Crippen LogP contribution is -2.53. The van der Waals surface area contributed by atoms with Crippen LogP contribution in [0.25, 0.3) is 10.8 Å². The molecule has 4 amide bonds. The molecule has 4 rings (SSSR count). The van der Waals surface area contributed by atoms with Gasteiger partial charge in [0.05, 0.1) is 25.1 Å². The number of sulfonamides is 1. The molecule has 0 radical (unpaired) electrons. The number of nitrogens with zero attached hydrogens (tertiary/aromatic N) is 2. The second-order valence-electron chi connectivity index (χ2n) is 11.6. The van der Waals surface area contributed by atoms with Gasteiger partial charge in [-0.05, 0) is 61.1 Å². The summed E-state index contributed by atoms with van der Waals surface area (Å²) in [5.41, 5.74) is 0. The molecule has 260 valence electrons. The van der Waals surface area contributed by atoms with E-state index >= 15 is 0 Å². The van der Waals surface area contributed by atoms with E-state index in [-0.39, 0.29) is 43.2 Å². The third kappa shape index (κ3) is 10.4. The Bertz CT molecular complexity index is 1620. The quantitative estimate of drug-likeness (QED) is 0.0746. The molecule has 2 atom stereocenters. The highest BCUT2D eigenvalue weighted by Gasteiger charge is 2.38. The summed E-state index contributed by atoms with van der Waals surface area (Å²) in [5.74, 6) is -3.19. The number of methoxy groups -OCH3 is 1. The van der Waals surface area contributed by atoms with Gasteiger partial charge in [0.2, 0.25) is 21.8 Å². The normalized spacial score (nSPS) is 17.1. The van der Waals surface area contributed by atoms with Gasteiger partial charge in [0.1, 0.15) is 6.04 Å². The lowest BCUT2D eigenvalue weighted by atomic mass is 9.98. The maximum Gasteiger partial charge on any atom is 0.414 e. The molecule has 2 aromatic rings. The second-order valence-corrected chi connectivity index (χ2v) is 13.4. The lowest BCUT2D eigenvalue weighted by Gasteiger charge is -2.32. The first-order valence-corrected chi connectivity index (χ1v) is 17.1. The maximum atomic E-state index is 13.9. The first-order chi connectivity index (χ1) is 23.0. The molecule has 0 bridgehead atoms. The van der Waals surface area contributed by atoms with Gasteiger partial charge < -0.3 is 30.3 Å². The summed E-state index contributed by atoms with van der Waals surface area (Å²) in [6, 6.07) is 10.2. The zero-order chi connectivity index (χ0) is 34.7. The molecule has 0 unspecified atom stereocenters. The van der Waals surface area contributed by atoms with E-state index in [1.165, 1.54) is 17.0 Å². The van der Waals surface area contributed by atoms with Crippen molar-refractivity contribution in [2.45, 2.75) is 49.1 Å². The van der Waals surface area contributed by atoms with Crippen LogP contribution in [-0.4, -0.2) is 113 Å². The van der Waals surface area contributed by atoms with Gasteiger partial charge >= 0.3 is 18.0 Å². The summed E-state index contributed by atoms with van der Waals surface area (Å²) in [4.78, 5) is 65.4. The number of amides is 4. The SMILES string of the molecule is COC(=O)C(=O)NCCN(C(=O)[C@H](CC(=O)NC[C@@H]1CCCN(CNC(=O)OC=N)C1)NS(=O)(=O)c1ccc2ccccc2c1)C1CC1. The van der Waals surface area contributed by atoms with E-state index < -0.39 is 52.3 Å². The molecule has 48 heavy (non-hydrogen) atoms. The van der Waals surface area contributed by atoms with Crippen molar-refractivity contribution < 1.29 is 41.9 Å². The minimum Gasteiger partial charge on any atom is -0.462 e. The predicted molar refractivity (Wildman–Crippen MR) is 173 cm³/mol. The van der Waals surface area contributed by atoms with Crippen molar-refractivity contribution in [3.63, 3.8) is 0 Å². The van der Waals surface area contributed by atoms with Gasteiger partial charge in [0.25, 0.3) is 0 Å². The predicted octanol–water partition coefficient (Wildman–Crippen LogP) is 0.276. The Kier molecular flexibility index (Phi) is 12.8. The van der Waals surface area contributed by atoms with Gasteiger partial charge in [0.15, 0.2) is 6.40 Å². The van der Waals surface area contributed by atoms with Crippen LogP contribution in [0.15, 0.2) is 47.4 Å². The third-order valence-corrected chi connectivity index (χ3v) is 9.57. The Morgan fingerprint density at radius 1 is 1.04 bits per heavy atom. The number of hydrogen-bond acceptors (Lipinski definition) is 11. The second kappa shape index (κ2) is 17.0. The standard InChI is InChI=1S/C31H41N7O9S/c1-46-30(42)28(40)33-12-14-38(24-9-10-24)29(41)26(36-48(44,45)25-11-8-22-6-2-3-7-23(22)15-25)16-27(39)34-17-21-5-4-13-37(18-21)20-35-31(43)47-19-32/h2-3,6-8,11,15,19,21,24,26,32,36H,4-5,9-10,12-14,16-18,20H2,1H3,(H,33,40)(H,34,39)(H,35,43)/t21-,26-/m0/s1. The molecule has 0 aromatic heterocycles. The third-order valence-electron chi connectivity index (χ3n) is 8.10. The number of rotatable bonds is 15. The Hall–Kier alpha value is -4.61. The Morgan fingerprint density at radius 2 is 1.79 bits per heavy atom. The van der Waals surface area contributed by atoms with E-state index in [0.717, 1.165) is 31.9 Å². The summed E-state index contributed by atoms with van der Waals surface area (Å²) < 4.78 is 38.5. The van der Waals surface area contributed by atoms with E-state index in [4.69, 9.17) is 5.41 Å². The van der Waals surface area contributed by atoms with Crippen LogP contribution in [0.3, 0.4) is 0 Å². The molecule has 2 fully saturated rings. The zero-order valence-electron chi connectivity index (χ0n) is 26.6.